The number of carbonyl (C=O) groups excluding carboxylic acids is 2. The first-order valence-corrected chi connectivity index (χ1v) is 7.76. The average molecular weight is 355 g/mol. The summed E-state index contributed by atoms with van der Waals surface area (Å²) in [5.74, 6) is -0.483. The number of amides is 2. The second-order valence-electron chi connectivity index (χ2n) is 5.05. The zero-order chi connectivity index (χ0) is 18.9. The number of hydrazine groups is 1. The first-order chi connectivity index (χ1) is 12.5. The van der Waals surface area contributed by atoms with Crippen molar-refractivity contribution in [2.75, 3.05) is 6.61 Å². The minimum absolute atomic E-state index is 0.116. The van der Waals surface area contributed by atoms with Crippen molar-refractivity contribution in [3.8, 4) is 5.75 Å². The molecular formula is C18H17N3O5. The smallest absolute Gasteiger partial charge is 0.276 e. The van der Waals surface area contributed by atoms with E-state index in [9.17, 15) is 19.7 Å². The molecule has 0 bridgehead atoms. The number of nitrogens with one attached hydrogen (secondary N) is 2. The van der Waals surface area contributed by atoms with Gasteiger partial charge in [0.05, 0.1) is 17.1 Å². The van der Waals surface area contributed by atoms with E-state index in [1.165, 1.54) is 24.3 Å². The highest BCUT2D eigenvalue weighted by Gasteiger charge is 2.10. The summed E-state index contributed by atoms with van der Waals surface area (Å²) in [7, 11) is 0. The van der Waals surface area contributed by atoms with Crippen LogP contribution in [-0.4, -0.2) is 23.3 Å². The molecule has 0 aromatic heterocycles. The lowest BCUT2D eigenvalue weighted by Crippen LogP contribution is -2.40. The van der Waals surface area contributed by atoms with Crippen LogP contribution in [0, 0.1) is 10.1 Å². The fourth-order valence-electron chi connectivity index (χ4n) is 2.06. The Morgan fingerprint density at radius 1 is 1.12 bits per heavy atom. The van der Waals surface area contributed by atoms with E-state index in [4.69, 9.17) is 4.74 Å². The van der Waals surface area contributed by atoms with E-state index < -0.39 is 16.7 Å². The number of ether oxygens (including phenoxy) is 1. The molecule has 26 heavy (non-hydrogen) atoms. The van der Waals surface area contributed by atoms with Gasteiger partial charge in [-0.15, -0.1) is 0 Å². The Morgan fingerprint density at radius 2 is 1.81 bits per heavy atom. The molecule has 0 spiro atoms. The first-order valence-electron chi connectivity index (χ1n) is 7.76. The second kappa shape index (κ2) is 8.97. The molecule has 2 aromatic rings. The summed E-state index contributed by atoms with van der Waals surface area (Å²) in [5, 5.41) is 10.9. The van der Waals surface area contributed by atoms with E-state index in [2.05, 4.69) is 10.9 Å². The van der Waals surface area contributed by atoms with Crippen molar-refractivity contribution >= 4 is 23.6 Å². The number of hydrogen-bond donors (Lipinski definition) is 2. The maximum Gasteiger partial charge on any atom is 0.276 e. The Morgan fingerprint density at radius 3 is 2.46 bits per heavy atom. The quantitative estimate of drug-likeness (QED) is 0.470. The van der Waals surface area contributed by atoms with Crippen LogP contribution in [-0.2, 0) is 4.79 Å². The number of nitrogens with zero attached hydrogens (tertiary/aromatic N) is 1. The Hall–Kier alpha value is -3.68. The molecule has 0 saturated heterocycles. The summed E-state index contributed by atoms with van der Waals surface area (Å²) in [6.07, 6.45) is 2.40. The lowest BCUT2D eigenvalue weighted by Gasteiger charge is -2.07. The molecule has 2 rings (SSSR count). The number of benzene rings is 2. The fraction of sp³-hybridized carbons (Fsp3) is 0.111. The van der Waals surface area contributed by atoms with Gasteiger partial charge in [0.15, 0.2) is 0 Å². The SMILES string of the molecule is CCOc1ccc(C(=O)NNC(=O)/C=C/c2ccccc2[N+](=O)[O-])cc1. The highest BCUT2D eigenvalue weighted by molar-refractivity contribution is 5.98. The van der Waals surface area contributed by atoms with Crippen LogP contribution in [0.1, 0.15) is 22.8 Å². The number of nitro benzene ring substituents is 1. The molecule has 2 N–H and O–H groups in total. The molecular weight excluding hydrogens is 338 g/mol. The van der Waals surface area contributed by atoms with E-state index in [1.807, 2.05) is 6.92 Å². The van der Waals surface area contributed by atoms with E-state index in [-0.39, 0.29) is 11.3 Å². The summed E-state index contributed by atoms with van der Waals surface area (Å²) in [6, 6.07) is 12.4. The van der Waals surface area contributed by atoms with Gasteiger partial charge >= 0.3 is 0 Å². The molecule has 8 heteroatoms. The molecule has 8 nitrogen and oxygen atoms in total. The van der Waals surface area contributed by atoms with Crippen LogP contribution >= 0.6 is 0 Å². The van der Waals surface area contributed by atoms with E-state index >= 15 is 0 Å². The Balaban J connectivity index is 1.92. The molecule has 2 amide bonds. The van der Waals surface area contributed by atoms with Gasteiger partial charge in [0.1, 0.15) is 5.75 Å². The highest BCUT2D eigenvalue weighted by atomic mass is 16.6. The normalized spacial score (nSPS) is 10.3. The third-order valence-corrected chi connectivity index (χ3v) is 3.27. The van der Waals surface area contributed by atoms with Crippen LogP contribution in [0.3, 0.4) is 0 Å². The predicted octanol–water partition coefficient (Wildman–Crippen LogP) is 2.47. The summed E-state index contributed by atoms with van der Waals surface area (Å²) < 4.78 is 5.28. The standard InChI is InChI=1S/C18H17N3O5/c1-2-26-15-10-7-14(8-11-15)18(23)20-19-17(22)12-9-13-5-3-4-6-16(13)21(24)25/h3-12H,2H2,1H3,(H,19,22)(H,20,23)/b12-9+. The summed E-state index contributed by atoms with van der Waals surface area (Å²) >= 11 is 0. The fourth-order valence-corrected chi connectivity index (χ4v) is 2.06. The van der Waals surface area contributed by atoms with Crippen molar-refractivity contribution < 1.29 is 19.2 Å². The first kappa shape index (κ1) is 18.7. The van der Waals surface area contributed by atoms with Gasteiger partial charge in [-0.3, -0.25) is 30.6 Å². The summed E-state index contributed by atoms with van der Waals surface area (Å²) in [4.78, 5) is 34.1. The average Bonchev–Trinajstić information content (AvgIpc) is 2.65. The van der Waals surface area contributed by atoms with E-state index in [1.54, 1.807) is 30.3 Å². The maximum absolute atomic E-state index is 12.0. The van der Waals surface area contributed by atoms with Crippen LogP contribution in [0.15, 0.2) is 54.6 Å². The molecule has 0 radical (unpaired) electrons. The van der Waals surface area contributed by atoms with Crippen LogP contribution in [0.5, 0.6) is 5.75 Å². The molecule has 0 aliphatic heterocycles. The lowest BCUT2D eigenvalue weighted by atomic mass is 10.1. The van der Waals surface area contributed by atoms with Gasteiger partial charge in [-0.05, 0) is 43.3 Å². The van der Waals surface area contributed by atoms with Crippen LogP contribution in [0.4, 0.5) is 5.69 Å². The number of carbonyl (C=O) groups is 2. The van der Waals surface area contributed by atoms with Crippen molar-refractivity contribution in [3.05, 3.63) is 75.8 Å². The van der Waals surface area contributed by atoms with Gasteiger partial charge < -0.3 is 4.74 Å². The van der Waals surface area contributed by atoms with Crippen molar-refractivity contribution in [1.82, 2.24) is 10.9 Å². The zero-order valence-electron chi connectivity index (χ0n) is 14.0. The number of para-hydroxylation sites is 1. The third-order valence-electron chi connectivity index (χ3n) is 3.27. The largest absolute Gasteiger partial charge is 0.494 e. The van der Waals surface area contributed by atoms with Gasteiger partial charge in [-0.2, -0.15) is 0 Å². The second-order valence-corrected chi connectivity index (χ2v) is 5.05. The van der Waals surface area contributed by atoms with E-state index in [0.29, 0.717) is 17.9 Å². The lowest BCUT2D eigenvalue weighted by molar-refractivity contribution is -0.385. The molecule has 0 atom stereocenters. The molecule has 0 saturated carbocycles. The Kier molecular flexibility index (Phi) is 6.44. The summed E-state index contributed by atoms with van der Waals surface area (Å²) in [6.45, 7) is 2.38. The Labute approximate surface area is 149 Å². The minimum atomic E-state index is -0.623. The highest BCUT2D eigenvalue weighted by Crippen LogP contribution is 2.18. The molecule has 0 fully saturated rings. The maximum atomic E-state index is 12.0. The van der Waals surface area contributed by atoms with Gasteiger partial charge in [-0.25, -0.2) is 0 Å². The molecule has 0 aliphatic rings. The number of hydrogen-bond acceptors (Lipinski definition) is 5. The molecule has 0 unspecified atom stereocenters. The van der Waals surface area contributed by atoms with Crippen molar-refractivity contribution in [3.63, 3.8) is 0 Å². The monoisotopic (exact) mass is 355 g/mol. The van der Waals surface area contributed by atoms with Gasteiger partial charge in [0, 0.05) is 17.7 Å². The van der Waals surface area contributed by atoms with Crippen LogP contribution < -0.4 is 15.6 Å². The summed E-state index contributed by atoms with van der Waals surface area (Å²) in [5.41, 5.74) is 4.98. The predicted molar refractivity (Wildman–Crippen MR) is 95.4 cm³/mol. The molecule has 0 aliphatic carbocycles. The van der Waals surface area contributed by atoms with Gasteiger partial charge in [0.2, 0.25) is 0 Å². The molecule has 2 aromatic carbocycles. The van der Waals surface area contributed by atoms with E-state index in [0.717, 1.165) is 6.08 Å². The molecule has 0 heterocycles. The Bertz CT molecular complexity index is 831. The van der Waals surface area contributed by atoms with Crippen molar-refractivity contribution in [1.29, 1.82) is 0 Å². The van der Waals surface area contributed by atoms with Crippen LogP contribution in [0.2, 0.25) is 0 Å². The van der Waals surface area contributed by atoms with Crippen molar-refractivity contribution in [2.45, 2.75) is 6.92 Å². The van der Waals surface area contributed by atoms with Crippen LogP contribution in [0.25, 0.3) is 6.08 Å². The minimum Gasteiger partial charge on any atom is -0.494 e. The number of rotatable bonds is 6. The zero-order valence-corrected chi connectivity index (χ0v) is 14.0. The van der Waals surface area contributed by atoms with Gasteiger partial charge in [-0.1, -0.05) is 12.1 Å². The third kappa shape index (κ3) is 5.17. The number of nitro groups is 1. The molecule has 134 valence electrons. The topological polar surface area (TPSA) is 111 Å². The van der Waals surface area contributed by atoms with Crippen molar-refractivity contribution in [2.24, 2.45) is 0 Å². The van der Waals surface area contributed by atoms with Gasteiger partial charge in [0.25, 0.3) is 17.5 Å².